The Kier molecular flexibility index (Phi) is 2.41. The molecule has 0 saturated carbocycles. The van der Waals surface area contributed by atoms with E-state index in [2.05, 4.69) is 35.8 Å². The van der Waals surface area contributed by atoms with Crippen LogP contribution in [0.15, 0.2) is 29.6 Å². The van der Waals surface area contributed by atoms with Gasteiger partial charge in [-0.15, -0.1) is 11.3 Å². The standard InChI is InChI=1S/C13H12ClNS/c1-8-10(14)5-4-9-7-11(15-13(8)9)12-3-2-6-16-12/h2-6,11,15H,7H2,1H3. The lowest BCUT2D eigenvalue weighted by Gasteiger charge is -2.10. The van der Waals surface area contributed by atoms with Gasteiger partial charge in [0.2, 0.25) is 0 Å². The van der Waals surface area contributed by atoms with Crippen LogP contribution in [-0.2, 0) is 6.42 Å². The van der Waals surface area contributed by atoms with Crippen LogP contribution in [0.4, 0.5) is 5.69 Å². The van der Waals surface area contributed by atoms with Gasteiger partial charge < -0.3 is 5.32 Å². The van der Waals surface area contributed by atoms with E-state index < -0.39 is 0 Å². The molecule has 1 aliphatic heterocycles. The minimum absolute atomic E-state index is 0.423. The summed E-state index contributed by atoms with van der Waals surface area (Å²) >= 11 is 7.93. The molecule has 3 rings (SSSR count). The summed E-state index contributed by atoms with van der Waals surface area (Å²) < 4.78 is 0. The molecule has 82 valence electrons. The number of hydrogen-bond donors (Lipinski definition) is 1. The summed E-state index contributed by atoms with van der Waals surface area (Å²) in [6.07, 6.45) is 1.06. The second kappa shape index (κ2) is 3.79. The summed E-state index contributed by atoms with van der Waals surface area (Å²) in [5.41, 5.74) is 3.77. The van der Waals surface area contributed by atoms with Crippen molar-refractivity contribution in [2.45, 2.75) is 19.4 Å². The molecule has 2 heterocycles. The third-order valence-corrected chi connectivity index (χ3v) is 4.51. The van der Waals surface area contributed by atoms with Crippen molar-refractivity contribution in [2.24, 2.45) is 0 Å². The van der Waals surface area contributed by atoms with Gasteiger partial charge in [-0.1, -0.05) is 23.7 Å². The number of fused-ring (bicyclic) bond motifs is 1. The van der Waals surface area contributed by atoms with Crippen LogP contribution in [0.25, 0.3) is 0 Å². The van der Waals surface area contributed by atoms with Crippen LogP contribution in [-0.4, -0.2) is 0 Å². The number of benzene rings is 1. The zero-order valence-corrected chi connectivity index (χ0v) is 10.5. The van der Waals surface area contributed by atoms with Crippen molar-refractivity contribution in [3.05, 3.63) is 50.7 Å². The predicted molar refractivity (Wildman–Crippen MR) is 70.6 cm³/mol. The van der Waals surface area contributed by atoms with Gasteiger partial charge in [0.25, 0.3) is 0 Å². The van der Waals surface area contributed by atoms with Crippen molar-refractivity contribution in [3.8, 4) is 0 Å². The Morgan fingerprint density at radius 3 is 3.00 bits per heavy atom. The number of anilines is 1. The largest absolute Gasteiger partial charge is 0.377 e. The van der Waals surface area contributed by atoms with Gasteiger partial charge in [-0.05, 0) is 42.0 Å². The highest BCUT2D eigenvalue weighted by Crippen LogP contribution is 2.39. The summed E-state index contributed by atoms with van der Waals surface area (Å²) in [5, 5.41) is 6.54. The molecule has 0 amide bonds. The summed E-state index contributed by atoms with van der Waals surface area (Å²) in [5.74, 6) is 0. The van der Waals surface area contributed by atoms with Gasteiger partial charge >= 0.3 is 0 Å². The average Bonchev–Trinajstić information content (AvgIpc) is 2.91. The molecule has 1 aliphatic rings. The smallest absolute Gasteiger partial charge is 0.0647 e. The minimum atomic E-state index is 0.423. The molecule has 1 N–H and O–H groups in total. The Balaban J connectivity index is 1.98. The second-order valence-electron chi connectivity index (χ2n) is 4.12. The molecule has 1 nitrogen and oxygen atoms in total. The van der Waals surface area contributed by atoms with Gasteiger partial charge in [0.05, 0.1) is 6.04 Å². The SMILES string of the molecule is Cc1c(Cl)ccc2c1NC(c1cccs1)C2. The van der Waals surface area contributed by atoms with Crippen LogP contribution in [0, 0.1) is 6.92 Å². The van der Waals surface area contributed by atoms with E-state index in [1.165, 1.54) is 21.7 Å². The molecule has 1 aromatic carbocycles. The molecule has 0 bridgehead atoms. The van der Waals surface area contributed by atoms with Crippen molar-refractivity contribution in [3.63, 3.8) is 0 Å². The van der Waals surface area contributed by atoms with Crippen molar-refractivity contribution in [1.82, 2.24) is 0 Å². The zero-order chi connectivity index (χ0) is 11.1. The van der Waals surface area contributed by atoms with E-state index >= 15 is 0 Å². The van der Waals surface area contributed by atoms with Gasteiger partial charge in [0, 0.05) is 15.6 Å². The van der Waals surface area contributed by atoms with Crippen molar-refractivity contribution in [1.29, 1.82) is 0 Å². The van der Waals surface area contributed by atoms with Gasteiger partial charge in [0.15, 0.2) is 0 Å². The molecule has 0 saturated heterocycles. The molecular formula is C13H12ClNS. The van der Waals surface area contributed by atoms with Gasteiger partial charge in [-0.25, -0.2) is 0 Å². The Morgan fingerprint density at radius 2 is 2.25 bits per heavy atom. The maximum atomic E-state index is 6.13. The fourth-order valence-electron chi connectivity index (χ4n) is 2.22. The molecule has 2 aromatic rings. The molecule has 1 aromatic heterocycles. The number of rotatable bonds is 1. The summed E-state index contributed by atoms with van der Waals surface area (Å²) in [7, 11) is 0. The topological polar surface area (TPSA) is 12.0 Å². The molecule has 3 heteroatoms. The fourth-order valence-corrected chi connectivity index (χ4v) is 3.16. The van der Waals surface area contributed by atoms with Crippen LogP contribution in [0.5, 0.6) is 0 Å². The molecule has 1 atom stereocenters. The molecule has 0 radical (unpaired) electrons. The second-order valence-corrected chi connectivity index (χ2v) is 5.51. The van der Waals surface area contributed by atoms with Gasteiger partial charge in [-0.2, -0.15) is 0 Å². The van der Waals surface area contributed by atoms with Crippen LogP contribution in [0.1, 0.15) is 22.0 Å². The third kappa shape index (κ3) is 1.53. The van der Waals surface area contributed by atoms with E-state index in [-0.39, 0.29) is 0 Å². The molecule has 16 heavy (non-hydrogen) atoms. The molecule has 0 spiro atoms. The number of nitrogens with one attached hydrogen (secondary N) is 1. The van der Waals surface area contributed by atoms with Crippen molar-refractivity contribution >= 4 is 28.6 Å². The number of hydrogen-bond acceptors (Lipinski definition) is 2. The summed E-state index contributed by atoms with van der Waals surface area (Å²) in [6.45, 7) is 2.07. The maximum absolute atomic E-state index is 6.13. The van der Waals surface area contributed by atoms with E-state index in [1.54, 1.807) is 11.3 Å². The first-order chi connectivity index (χ1) is 7.75. The Bertz CT molecular complexity index is 519. The lowest BCUT2D eigenvalue weighted by atomic mass is 10.1. The highest BCUT2D eigenvalue weighted by molar-refractivity contribution is 7.10. The van der Waals surface area contributed by atoms with Gasteiger partial charge in [0.1, 0.15) is 0 Å². The fraction of sp³-hybridized carbons (Fsp3) is 0.231. The first-order valence-corrected chi connectivity index (χ1v) is 6.59. The molecule has 1 unspecified atom stereocenters. The minimum Gasteiger partial charge on any atom is -0.377 e. The van der Waals surface area contributed by atoms with Gasteiger partial charge in [-0.3, -0.25) is 0 Å². The lowest BCUT2D eigenvalue weighted by molar-refractivity contribution is 0.843. The van der Waals surface area contributed by atoms with Crippen LogP contribution in [0.2, 0.25) is 5.02 Å². The van der Waals surface area contributed by atoms with E-state index in [0.29, 0.717) is 6.04 Å². The number of thiophene rings is 1. The first-order valence-electron chi connectivity index (χ1n) is 5.33. The molecule has 0 fully saturated rings. The van der Waals surface area contributed by atoms with Crippen LogP contribution in [0.3, 0.4) is 0 Å². The van der Waals surface area contributed by atoms with Crippen molar-refractivity contribution in [2.75, 3.05) is 5.32 Å². The lowest BCUT2D eigenvalue weighted by Crippen LogP contribution is -2.03. The summed E-state index contributed by atoms with van der Waals surface area (Å²) in [6, 6.07) is 8.84. The third-order valence-electron chi connectivity index (χ3n) is 3.11. The van der Waals surface area contributed by atoms with Crippen LogP contribution < -0.4 is 5.32 Å². The predicted octanol–water partition coefficient (Wildman–Crippen LogP) is 4.42. The Labute approximate surface area is 104 Å². The maximum Gasteiger partial charge on any atom is 0.0647 e. The average molecular weight is 250 g/mol. The Hall–Kier alpha value is -0.990. The zero-order valence-electron chi connectivity index (χ0n) is 8.96. The van der Waals surface area contributed by atoms with Crippen LogP contribution >= 0.6 is 22.9 Å². The quantitative estimate of drug-likeness (QED) is 0.789. The highest BCUT2D eigenvalue weighted by Gasteiger charge is 2.24. The highest BCUT2D eigenvalue weighted by atomic mass is 35.5. The van der Waals surface area contributed by atoms with E-state index in [1.807, 2.05) is 6.07 Å². The van der Waals surface area contributed by atoms with E-state index in [4.69, 9.17) is 11.6 Å². The Morgan fingerprint density at radius 1 is 1.38 bits per heavy atom. The molecular weight excluding hydrogens is 238 g/mol. The van der Waals surface area contributed by atoms with E-state index in [9.17, 15) is 0 Å². The van der Waals surface area contributed by atoms with E-state index in [0.717, 1.165) is 11.4 Å². The normalized spacial score (nSPS) is 18.2. The molecule has 0 aliphatic carbocycles. The summed E-state index contributed by atoms with van der Waals surface area (Å²) in [4.78, 5) is 1.40. The van der Waals surface area contributed by atoms with Crippen molar-refractivity contribution < 1.29 is 0 Å². The first kappa shape index (κ1) is 10.2. The monoisotopic (exact) mass is 249 g/mol. The number of halogens is 1.